The SMILES string of the molecule is O=C1CC(CBr)CN1C1CCCNC1. The lowest BCUT2D eigenvalue weighted by molar-refractivity contribution is -0.129. The maximum absolute atomic E-state index is 11.7. The first-order chi connectivity index (χ1) is 6.81. The number of nitrogens with one attached hydrogen (secondary N) is 1. The fourth-order valence-corrected chi connectivity index (χ4v) is 2.80. The summed E-state index contributed by atoms with van der Waals surface area (Å²) < 4.78 is 0. The number of likely N-dealkylation sites (tertiary alicyclic amines) is 1. The zero-order valence-corrected chi connectivity index (χ0v) is 9.92. The Balaban J connectivity index is 1.93. The minimum Gasteiger partial charge on any atom is -0.338 e. The van der Waals surface area contributed by atoms with Gasteiger partial charge in [-0.15, -0.1) is 0 Å². The van der Waals surface area contributed by atoms with Crippen LogP contribution in [0.3, 0.4) is 0 Å². The summed E-state index contributed by atoms with van der Waals surface area (Å²) in [5.74, 6) is 0.882. The van der Waals surface area contributed by atoms with Gasteiger partial charge in [0, 0.05) is 30.9 Å². The van der Waals surface area contributed by atoms with Gasteiger partial charge in [0.25, 0.3) is 0 Å². The van der Waals surface area contributed by atoms with Crippen molar-refractivity contribution in [3.63, 3.8) is 0 Å². The Morgan fingerprint density at radius 1 is 1.57 bits per heavy atom. The molecule has 1 amide bonds. The standard InChI is InChI=1S/C10H17BrN2O/c11-5-8-4-10(14)13(7-8)9-2-1-3-12-6-9/h8-9,12H,1-7H2. The summed E-state index contributed by atoms with van der Waals surface area (Å²) in [6, 6.07) is 0.459. The molecular weight excluding hydrogens is 244 g/mol. The van der Waals surface area contributed by atoms with Crippen LogP contribution in [0.2, 0.25) is 0 Å². The minimum atomic E-state index is 0.350. The molecule has 0 spiro atoms. The Hall–Kier alpha value is -0.0900. The lowest BCUT2D eigenvalue weighted by Gasteiger charge is -2.31. The maximum Gasteiger partial charge on any atom is 0.223 e. The zero-order valence-electron chi connectivity index (χ0n) is 8.34. The highest BCUT2D eigenvalue weighted by Crippen LogP contribution is 2.24. The van der Waals surface area contributed by atoms with E-state index in [-0.39, 0.29) is 0 Å². The number of carbonyl (C=O) groups excluding carboxylic acids is 1. The zero-order chi connectivity index (χ0) is 9.97. The van der Waals surface area contributed by atoms with Gasteiger partial charge in [-0.25, -0.2) is 0 Å². The van der Waals surface area contributed by atoms with Gasteiger partial charge in [-0.3, -0.25) is 4.79 Å². The third-order valence-electron chi connectivity index (χ3n) is 3.17. The van der Waals surface area contributed by atoms with Gasteiger partial charge in [0.1, 0.15) is 0 Å². The molecule has 4 heteroatoms. The summed E-state index contributed by atoms with van der Waals surface area (Å²) in [5.41, 5.74) is 0. The van der Waals surface area contributed by atoms with Gasteiger partial charge in [0.2, 0.25) is 5.91 Å². The van der Waals surface area contributed by atoms with Crippen molar-refractivity contribution in [2.24, 2.45) is 5.92 Å². The Labute approximate surface area is 93.4 Å². The van der Waals surface area contributed by atoms with Crippen LogP contribution >= 0.6 is 15.9 Å². The second kappa shape index (κ2) is 4.62. The first kappa shape index (κ1) is 10.4. The molecular formula is C10H17BrN2O. The number of halogens is 1. The van der Waals surface area contributed by atoms with Crippen molar-refractivity contribution >= 4 is 21.8 Å². The molecule has 0 radical (unpaired) electrons. The topological polar surface area (TPSA) is 32.3 Å². The van der Waals surface area contributed by atoms with Crippen molar-refractivity contribution < 1.29 is 4.79 Å². The largest absolute Gasteiger partial charge is 0.338 e. The molecule has 2 fully saturated rings. The van der Waals surface area contributed by atoms with E-state index in [1.54, 1.807) is 0 Å². The highest BCUT2D eigenvalue weighted by atomic mass is 79.9. The summed E-state index contributed by atoms with van der Waals surface area (Å²) in [7, 11) is 0. The van der Waals surface area contributed by atoms with E-state index in [1.165, 1.54) is 12.8 Å². The van der Waals surface area contributed by atoms with Gasteiger partial charge in [-0.05, 0) is 25.3 Å². The van der Waals surface area contributed by atoms with Crippen molar-refractivity contribution in [1.82, 2.24) is 10.2 Å². The fraction of sp³-hybridized carbons (Fsp3) is 0.900. The number of nitrogens with zero attached hydrogens (tertiary/aromatic N) is 1. The molecule has 1 N–H and O–H groups in total. The molecule has 14 heavy (non-hydrogen) atoms. The Kier molecular flexibility index (Phi) is 3.44. The summed E-state index contributed by atoms with van der Waals surface area (Å²) in [4.78, 5) is 13.8. The number of hydrogen-bond donors (Lipinski definition) is 1. The van der Waals surface area contributed by atoms with Gasteiger partial charge in [0.05, 0.1) is 0 Å². The first-order valence-corrected chi connectivity index (χ1v) is 6.49. The Bertz CT molecular complexity index is 216. The van der Waals surface area contributed by atoms with Crippen LogP contribution in [-0.4, -0.2) is 41.8 Å². The molecule has 0 bridgehead atoms. The van der Waals surface area contributed by atoms with Crippen molar-refractivity contribution in [2.45, 2.75) is 25.3 Å². The van der Waals surface area contributed by atoms with Crippen LogP contribution in [0.25, 0.3) is 0 Å². The molecule has 2 aliphatic heterocycles. The quantitative estimate of drug-likeness (QED) is 0.751. The molecule has 0 aromatic rings. The summed E-state index contributed by atoms with van der Waals surface area (Å²) in [6.45, 7) is 3.05. The van der Waals surface area contributed by atoms with Gasteiger partial charge in [0.15, 0.2) is 0 Å². The number of hydrogen-bond acceptors (Lipinski definition) is 2. The van der Waals surface area contributed by atoms with E-state index in [2.05, 4.69) is 26.1 Å². The van der Waals surface area contributed by atoms with Crippen LogP contribution in [0, 0.1) is 5.92 Å². The Morgan fingerprint density at radius 2 is 2.43 bits per heavy atom. The van der Waals surface area contributed by atoms with Crippen molar-refractivity contribution in [1.29, 1.82) is 0 Å². The van der Waals surface area contributed by atoms with Crippen LogP contribution in [0.5, 0.6) is 0 Å². The number of amides is 1. The van der Waals surface area contributed by atoms with Gasteiger partial charge >= 0.3 is 0 Å². The second-order valence-corrected chi connectivity index (χ2v) is 4.92. The van der Waals surface area contributed by atoms with E-state index in [1.807, 2.05) is 0 Å². The van der Waals surface area contributed by atoms with E-state index in [9.17, 15) is 4.79 Å². The molecule has 3 nitrogen and oxygen atoms in total. The molecule has 2 unspecified atom stereocenters. The number of piperidine rings is 1. The van der Waals surface area contributed by atoms with Gasteiger partial charge in [-0.2, -0.15) is 0 Å². The van der Waals surface area contributed by atoms with Crippen LogP contribution in [0.15, 0.2) is 0 Å². The van der Waals surface area contributed by atoms with Crippen molar-refractivity contribution in [3.8, 4) is 0 Å². The Morgan fingerprint density at radius 3 is 3.00 bits per heavy atom. The molecule has 0 saturated carbocycles. The number of rotatable bonds is 2. The summed E-state index contributed by atoms with van der Waals surface area (Å²) >= 11 is 3.46. The van der Waals surface area contributed by atoms with Crippen LogP contribution < -0.4 is 5.32 Å². The normalized spacial score (nSPS) is 33.8. The van der Waals surface area contributed by atoms with E-state index >= 15 is 0 Å². The summed E-state index contributed by atoms with van der Waals surface area (Å²) in [5, 5.41) is 4.31. The molecule has 2 saturated heterocycles. The van der Waals surface area contributed by atoms with Gasteiger partial charge < -0.3 is 10.2 Å². The van der Waals surface area contributed by atoms with Crippen molar-refractivity contribution in [2.75, 3.05) is 25.0 Å². The molecule has 2 rings (SSSR count). The fourth-order valence-electron chi connectivity index (χ4n) is 2.36. The smallest absolute Gasteiger partial charge is 0.223 e. The van der Waals surface area contributed by atoms with E-state index < -0.39 is 0 Å². The lowest BCUT2D eigenvalue weighted by atomic mass is 10.1. The molecule has 0 aromatic carbocycles. The van der Waals surface area contributed by atoms with Crippen LogP contribution in [0.1, 0.15) is 19.3 Å². The van der Waals surface area contributed by atoms with E-state index in [4.69, 9.17) is 0 Å². The molecule has 80 valence electrons. The average molecular weight is 261 g/mol. The monoisotopic (exact) mass is 260 g/mol. The summed E-state index contributed by atoms with van der Waals surface area (Å²) in [6.07, 6.45) is 3.11. The highest BCUT2D eigenvalue weighted by molar-refractivity contribution is 9.09. The molecule has 2 atom stereocenters. The predicted molar refractivity (Wildman–Crippen MR) is 59.5 cm³/mol. The third kappa shape index (κ3) is 2.11. The van der Waals surface area contributed by atoms with Gasteiger partial charge in [-0.1, -0.05) is 15.9 Å². The first-order valence-electron chi connectivity index (χ1n) is 5.37. The lowest BCUT2D eigenvalue weighted by Crippen LogP contribution is -2.46. The van der Waals surface area contributed by atoms with E-state index in [0.29, 0.717) is 17.9 Å². The molecule has 2 heterocycles. The number of alkyl halides is 1. The average Bonchev–Trinajstić information content (AvgIpc) is 2.61. The number of carbonyl (C=O) groups is 1. The second-order valence-electron chi connectivity index (χ2n) is 4.27. The van der Waals surface area contributed by atoms with Crippen LogP contribution in [-0.2, 0) is 4.79 Å². The maximum atomic E-state index is 11.7. The molecule has 0 aliphatic carbocycles. The molecule has 0 aromatic heterocycles. The highest BCUT2D eigenvalue weighted by Gasteiger charge is 2.33. The molecule has 2 aliphatic rings. The third-order valence-corrected chi connectivity index (χ3v) is 4.08. The predicted octanol–water partition coefficient (Wildman–Crippen LogP) is 0.982. The van der Waals surface area contributed by atoms with Crippen molar-refractivity contribution in [3.05, 3.63) is 0 Å². The van der Waals surface area contributed by atoms with E-state index in [0.717, 1.165) is 31.4 Å². The minimum absolute atomic E-state index is 0.350. The van der Waals surface area contributed by atoms with Crippen LogP contribution in [0.4, 0.5) is 0 Å².